The number of benzene rings is 2. The van der Waals surface area contributed by atoms with E-state index in [0.717, 1.165) is 33.9 Å². The van der Waals surface area contributed by atoms with E-state index in [-0.39, 0.29) is 12.4 Å². The predicted octanol–water partition coefficient (Wildman–Crippen LogP) is 5.32. The molecule has 0 bridgehead atoms. The minimum Gasteiger partial charge on any atom is -0.277 e. The summed E-state index contributed by atoms with van der Waals surface area (Å²) in [4.78, 5) is 9.44. The van der Waals surface area contributed by atoms with Crippen LogP contribution in [0.3, 0.4) is 0 Å². The maximum atomic E-state index is 4.77. The number of hydrogen-bond acceptors (Lipinski definition) is 2. The van der Waals surface area contributed by atoms with Crippen molar-refractivity contribution in [3.05, 3.63) is 89.9 Å². The molecule has 0 atom stereocenters. The van der Waals surface area contributed by atoms with Crippen molar-refractivity contribution in [3.8, 4) is 5.82 Å². The summed E-state index contributed by atoms with van der Waals surface area (Å²) in [5.41, 5.74) is 4.16. The largest absolute Gasteiger partial charge is 0.277 e. The molecule has 4 aromatic rings. The van der Waals surface area contributed by atoms with E-state index in [0.29, 0.717) is 0 Å². The van der Waals surface area contributed by atoms with Crippen LogP contribution in [0.1, 0.15) is 17.1 Å². The predicted molar refractivity (Wildman–Crippen MR) is 106 cm³/mol. The molecule has 3 nitrogen and oxygen atoms in total. The number of nitrogens with zero attached hydrogens (tertiary/aromatic N) is 3. The number of aromatic nitrogens is 3. The van der Waals surface area contributed by atoms with Gasteiger partial charge in [-0.15, -0.1) is 12.4 Å². The molecule has 2 aromatic carbocycles. The second kappa shape index (κ2) is 7.32. The van der Waals surface area contributed by atoms with Gasteiger partial charge in [-0.1, -0.05) is 54.6 Å². The third-order valence-corrected chi connectivity index (χ3v) is 3.91. The van der Waals surface area contributed by atoms with Gasteiger partial charge in [0.15, 0.2) is 0 Å². The third kappa shape index (κ3) is 3.47. The molecule has 2 heterocycles. The molecule has 0 fully saturated rings. The number of fused-ring (bicyclic) bond motifs is 1. The normalized spacial score (nSPS) is 10.9. The molecule has 0 saturated heterocycles. The Bertz CT molecular complexity index is 1020. The van der Waals surface area contributed by atoms with Gasteiger partial charge >= 0.3 is 0 Å². The van der Waals surface area contributed by atoms with E-state index in [1.54, 1.807) is 0 Å². The van der Waals surface area contributed by atoms with Crippen molar-refractivity contribution in [1.82, 2.24) is 14.5 Å². The van der Waals surface area contributed by atoms with Crippen LogP contribution >= 0.6 is 12.4 Å². The Kier molecular flexibility index (Phi) is 4.96. The Balaban J connectivity index is 0.00000182. The van der Waals surface area contributed by atoms with Crippen LogP contribution in [0, 0.1) is 6.92 Å². The third-order valence-electron chi connectivity index (χ3n) is 3.91. The summed E-state index contributed by atoms with van der Waals surface area (Å²) in [6.07, 6.45) is 4.12. The van der Waals surface area contributed by atoms with Crippen molar-refractivity contribution >= 4 is 35.6 Å². The van der Waals surface area contributed by atoms with Crippen LogP contribution in [0.15, 0.2) is 72.8 Å². The van der Waals surface area contributed by atoms with E-state index in [1.165, 1.54) is 0 Å². The molecule has 0 radical (unpaired) electrons. The van der Waals surface area contributed by atoms with Crippen molar-refractivity contribution in [1.29, 1.82) is 0 Å². The first-order chi connectivity index (χ1) is 11.8. The lowest BCUT2D eigenvalue weighted by atomic mass is 10.2. The topological polar surface area (TPSA) is 30.7 Å². The van der Waals surface area contributed by atoms with Crippen LogP contribution in [-0.4, -0.2) is 14.5 Å². The average molecular weight is 348 g/mol. The first kappa shape index (κ1) is 16.9. The molecule has 124 valence electrons. The number of imidazole rings is 1. The van der Waals surface area contributed by atoms with Crippen LogP contribution in [0.5, 0.6) is 0 Å². The molecule has 0 aliphatic carbocycles. The van der Waals surface area contributed by atoms with Gasteiger partial charge in [-0.25, -0.2) is 9.97 Å². The minimum absolute atomic E-state index is 0. The van der Waals surface area contributed by atoms with E-state index in [9.17, 15) is 0 Å². The highest BCUT2D eigenvalue weighted by molar-refractivity contribution is 5.85. The van der Waals surface area contributed by atoms with Gasteiger partial charge in [-0.2, -0.15) is 0 Å². The smallest absolute Gasteiger partial charge is 0.139 e. The van der Waals surface area contributed by atoms with Gasteiger partial charge < -0.3 is 0 Å². The SMILES string of the molecule is Cc1cccc(-n2c(/C=C/c3ccccc3)nc3ccccc32)n1.Cl. The van der Waals surface area contributed by atoms with Crippen molar-refractivity contribution in [3.63, 3.8) is 0 Å². The van der Waals surface area contributed by atoms with Crippen LogP contribution < -0.4 is 0 Å². The highest BCUT2D eigenvalue weighted by Gasteiger charge is 2.11. The van der Waals surface area contributed by atoms with Gasteiger partial charge in [-0.3, -0.25) is 4.57 Å². The maximum Gasteiger partial charge on any atom is 0.139 e. The Hall–Kier alpha value is -2.91. The lowest BCUT2D eigenvalue weighted by molar-refractivity contribution is 0.987. The van der Waals surface area contributed by atoms with Gasteiger partial charge in [0.25, 0.3) is 0 Å². The second-order valence-corrected chi connectivity index (χ2v) is 5.68. The number of aryl methyl sites for hydroxylation is 1. The molecule has 4 heteroatoms. The number of rotatable bonds is 3. The van der Waals surface area contributed by atoms with E-state index in [1.807, 2.05) is 67.6 Å². The molecule has 0 aliphatic rings. The van der Waals surface area contributed by atoms with Crippen LogP contribution in [0.25, 0.3) is 29.0 Å². The highest BCUT2D eigenvalue weighted by Crippen LogP contribution is 2.22. The van der Waals surface area contributed by atoms with E-state index < -0.39 is 0 Å². The van der Waals surface area contributed by atoms with Crippen LogP contribution in [0.4, 0.5) is 0 Å². The molecule has 0 N–H and O–H groups in total. The van der Waals surface area contributed by atoms with Gasteiger partial charge in [-0.05, 0) is 42.8 Å². The van der Waals surface area contributed by atoms with Gasteiger partial charge in [0.1, 0.15) is 11.6 Å². The summed E-state index contributed by atoms with van der Waals surface area (Å²) in [5, 5.41) is 0. The zero-order valence-corrected chi connectivity index (χ0v) is 14.6. The van der Waals surface area contributed by atoms with Crippen LogP contribution in [-0.2, 0) is 0 Å². The monoisotopic (exact) mass is 347 g/mol. The fourth-order valence-electron chi connectivity index (χ4n) is 2.79. The van der Waals surface area contributed by atoms with Gasteiger partial charge in [0.2, 0.25) is 0 Å². The number of hydrogen-bond donors (Lipinski definition) is 0. The van der Waals surface area contributed by atoms with E-state index in [2.05, 4.69) is 33.8 Å². The quantitative estimate of drug-likeness (QED) is 0.502. The summed E-state index contributed by atoms with van der Waals surface area (Å²) in [7, 11) is 0. The van der Waals surface area contributed by atoms with Crippen molar-refractivity contribution in [2.45, 2.75) is 6.92 Å². The highest BCUT2D eigenvalue weighted by atomic mass is 35.5. The van der Waals surface area contributed by atoms with Gasteiger partial charge in [0, 0.05) is 5.69 Å². The Morgan fingerprint density at radius 1 is 0.760 bits per heavy atom. The fourth-order valence-corrected chi connectivity index (χ4v) is 2.79. The van der Waals surface area contributed by atoms with Crippen LogP contribution in [0.2, 0.25) is 0 Å². The zero-order valence-electron chi connectivity index (χ0n) is 13.8. The van der Waals surface area contributed by atoms with Gasteiger partial charge in [0.05, 0.1) is 11.0 Å². The zero-order chi connectivity index (χ0) is 16.4. The minimum atomic E-state index is 0. The van der Waals surface area contributed by atoms with Crippen molar-refractivity contribution < 1.29 is 0 Å². The fraction of sp³-hybridized carbons (Fsp3) is 0.0476. The lowest BCUT2D eigenvalue weighted by Crippen LogP contribution is -2.00. The lowest BCUT2D eigenvalue weighted by Gasteiger charge is -2.07. The molecule has 0 unspecified atom stereocenters. The molecule has 0 amide bonds. The Morgan fingerprint density at radius 3 is 2.32 bits per heavy atom. The molecule has 0 saturated carbocycles. The molecule has 0 spiro atoms. The first-order valence-corrected chi connectivity index (χ1v) is 7.96. The molecule has 25 heavy (non-hydrogen) atoms. The van der Waals surface area contributed by atoms with Crippen molar-refractivity contribution in [2.75, 3.05) is 0 Å². The standard InChI is InChI=1S/C21H17N3.ClH/c1-16-8-7-13-20(22-16)24-19-12-6-5-11-18(19)23-21(24)15-14-17-9-3-2-4-10-17;/h2-15H,1H3;1H/b15-14+;. The summed E-state index contributed by atoms with van der Waals surface area (Å²) in [5.74, 6) is 1.76. The summed E-state index contributed by atoms with van der Waals surface area (Å²) in [6.45, 7) is 2.00. The number of pyridine rings is 1. The van der Waals surface area contributed by atoms with E-state index >= 15 is 0 Å². The second-order valence-electron chi connectivity index (χ2n) is 5.68. The Morgan fingerprint density at radius 2 is 1.52 bits per heavy atom. The molecule has 2 aromatic heterocycles. The molecule has 4 rings (SSSR count). The molecular weight excluding hydrogens is 330 g/mol. The number of para-hydroxylation sites is 2. The molecule has 0 aliphatic heterocycles. The first-order valence-electron chi connectivity index (χ1n) is 7.96. The maximum absolute atomic E-state index is 4.77. The van der Waals surface area contributed by atoms with Crippen molar-refractivity contribution in [2.24, 2.45) is 0 Å². The number of halogens is 1. The summed E-state index contributed by atoms with van der Waals surface area (Å²) in [6, 6.07) is 24.4. The average Bonchev–Trinajstić information content (AvgIpc) is 2.99. The summed E-state index contributed by atoms with van der Waals surface area (Å²) < 4.78 is 2.10. The van der Waals surface area contributed by atoms with E-state index in [4.69, 9.17) is 4.98 Å². The molecular formula is C21H18ClN3. The Labute approximate surface area is 153 Å². The summed E-state index contributed by atoms with van der Waals surface area (Å²) >= 11 is 0.